The Hall–Kier alpha value is -1.02. The molecule has 2 heteroatoms. The Morgan fingerprint density at radius 1 is 1.06 bits per heavy atom. The molecule has 1 fully saturated rings. The van der Waals surface area contributed by atoms with Crippen molar-refractivity contribution in [3.05, 3.63) is 28.8 Å². The Morgan fingerprint density at radius 3 is 2.71 bits per heavy atom. The maximum Gasteiger partial charge on any atom is 0.0362 e. The summed E-state index contributed by atoms with van der Waals surface area (Å²) in [6, 6.07) is 4.42. The molecule has 0 atom stereocenters. The lowest BCUT2D eigenvalue weighted by Crippen LogP contribution is -2.26. The Morgan fingerprint density at radius 2 is 1.88 bits per heavy atom. The third-order valence-electron chi connectivity index (χ3n) is 4.40. The van der Waals surface area contributed by atoms with Gasteiger partial charge in [0.2, 0.25) is 0 Å². The van der Waals surface area contributed by atoms with Crippen LogP contribution < -0.4 is 11.1 Å². The van der Waals surface area contributed by atoms with E-state index in [-0.39, 0.29) is 0 Å². The summed E-state index contributed by atoms with van der Waals surface area (Å²) in [6.45, 7) is 2.07. The third-order valence-corrected chi connectivity index (χ3v) is 4.40. The Kier molecular flexibility index (Phi) is 3.06. The molecule has 0 amide bonds. The number of hydrogen-bond donors (Lipinski definition) is 2. The second-order valence-electron chi connectivity index (χ2n) is 5.46. The molecule has 92 valence electrons. The van der Waals surface area contributed by atoms with Crippen LogP contribution in [0.3, 0.4) is 0 Å². The van der Waals surface area contributed by atoms with Crippen LogP contribution in [0.15, 0.2) is 12.1 Å². The fraction of sp³-hybridized carbons (Fsp3) is 0.600. The van der Waals surface area contributed by atoms with Gasteiger partial charge in [-0.3, -0.25) is 0 Å². The highest BCUT2D eigenvalue weighted by Crippen LogP contribution is 2.37. The van der Waals surface area contributed by atoms with Gasteiger partial charge in [0.05, 0.1) is 0 Å². The van der Waals surface area contributed by atoms with Crippen LogP contribution in [0.2, 0.25) is 0 Å². The highest BCUT2D eigenvalue weighted by Gasteiger charge is 2.22. The topological polar surface area (TPSA) is 38.0 Å². The number of hydrogen-bond acceptors (Lipinski definition) is 2. The summed E-state index contributed by atoms with van der Waals surface area (Å²) in [7, 11) is 0. The summed E-state index contributed by atoms with van der Waals surface area (Å²) in [6.07, 6.45) is 8.15. The minimum Gasteiger partial charge on any atom is -0.398 e. The van der Waals surface area contributed by atoms with Crippen molar-refractivity contribution in [2.75, 3.05) is 12.3 Å². The van der Waals surface area contributed by atoms with E-state index in [1.807, 2.05) is 0 Å². The summed E-state index contributed by atoms with van der Waals surface area (Å²) in [5.41, 5.74) is 11.6. The zero-order valence-electron chi connectivity index (χ0n) is 10.5. The molecule has 0 aromatic heterocycles. The molecule has 3 rings (SSSR count). The zero-order chi connectivity index (χ0) is 11.7. The fourth-order valence-corrected chi connectivity index (χ4v) is 3.46. The highest BCUT2D eigenvalue weighted by atomic mass is 14.9. The largest absolute Gasteiger partial charge is 0.398 e. The van der Waals surface area contributed by atoms with E-state index >= 15 is 0 Å². The molecule has 1 aromatic rings. The van der Waals surface area contributed by atoms with E-state index in [2.05, 4.69) is 17.4 Å². The Labute approximate surface area is 104 Å². The molecule has 0 bridgehead atoms. The second-order valence-corrected chi connectivity index (χ2v) is 5.46. The minimum absolute atomic E-state index is 0.802. The van der Waals surface area contributed by atoms with Gasteiger partial charge >= 0.3 is 0 Å². The standard InChI is InChI=1S/C15H22N2/c16-15-7-6-12(11-4-2-1-3-5-11)13-8-9-17-10-14(13)15/h6-7,11,17H,1-5,8-10,16H2. The lowest BCUT2D eigenvalue weighted by molar-refractivity contribution is 0.440. The van der Waals surface area contributed by atoms with E-state index in [4.69, 9.17) is 5.73 Å². The summed E-state index contributed by atoms with van der Waals surface area (Å²) in [5, 5.41) is 3.43. The first-order valence-electron chi connectivity index (χ1n) is 6.97. The molecule has 2 nitrogen and oxygen atoms in total. The van der Waals surface area contributed by atoms with Gasteiger partial charge in [-0.1, -0.05) is 25.3 Å². The summed E-state index contributed by atoms with van der Waals surface area (Å²) < 4.78 is 0. The van der Waals surface area contributed by atoms with E-state index in [1.54, 1.807) is 11.1 Å². The maximum atomic E-state index is 6.10. The number of benzene rings is 1. The zero-order valence-corrected chi connectivity index (χ0v) is 10.5. The van der Waals surface area contributed by atoms with Crippen LogP contribution in [0.4, 0.5) is 5.69 Å². The summed E-state index contributed by atoms with van der Waals surface area (Å²) in [4.78, 5) is 0. The summed E-state index contributed by atoms with van der Waals surface area (Å²) >= 11 is 0. The number of nitrogen functional groups attached to an aromatic ring is 1. The van der Waals surface area contributed by atoms with Crippen molar-refractivity contribution in [3.63, 3.8) is 0 Å². The Bertz CT molecular complexity index is 406. The van der Waals surface area contributed by atoms with Gasteiger partial charge in [0.15, 0.2) is 0 Å². The van der Waals surface area contributed by atoms with E-state index < -0.39 is 0 Å². The first kappa shape index (κ1) is 11.1. The van der Waals surface area contributed by atoms with Crippen molar-refractivity contribution in [2.45, 2.75) is 51.0 Å². The molecule has 0 saturated heterocycles. The van der Waals surface area contributed by atoms with Gasteiger partial charge in [-0.05, 0) is 54.5 Å². The normalized spacial score (nSPS) is 21.2. The number of nitrogens with two attached hydrogens (primary N) is 1. The molecule has 1 heterocycles. The Balaban J connectivity index is 1.98. The predicted octanol–water partition coefficient (Wildman–Crippen LogP) is 2.96. The van der Waals surface area contributed by atoms with Crippen LogP contribution in [0.25, 0.3) is 0 Å². The lowest BCUT2D eigenvalue weighted by atomic mass is 9.79. The van der Waals surface area contributed by atoms with Crippen molar-refractivity contribution in [1.82, 2.24) is 5.32 Å². The maximum absolute atomic E-state index is 6.10. The molecule has 0 unspecified atom stereocenters. The van der Waals surface area contributed by atoms with Crippen LogP contribution in [-0.4, -0.2) is 6.54 Å². The SMILES string of the molecule is Nc1ccc(C2CCCCC2)c2c1CNCC2. The first-order chi connectivity index (χ1) is 8.36. The van der Waals surface area contributed by atoms with Crippen molar-refractivity contribution in [2.24, 2.45) is 0 Å². The van der Waals surface area contributed by atoms with Gasteiger partial charge in [0.25, 0.3) is 0 Å². The van der Waals surface area contributed by atoms with Crippen molar-refractivity contribution >= 4 is 5.69 Å². The van der Waals surface area contributed by atoms with Crippen molar-refractivity contribution < 1.29 is 0 Å². The molecule has 0 spiro atoms. The van der Waals surface area contributed by atoms with Crippen LogP contribution in [0.5, 0.6) is 0 Å². The molecule has 1 aliphatic carbocycles. The van der Waals surface area contributed by atoms with Crippen molar-refractivity contribution in [3.8, 4) is 0 Å². The van der Waals surface area contributed by atoms with Gasteiger partial charge in [0, 0.05) is 12.2 Å². The molecule has 1 aromatic carbocycles. The number of nitrogens with one attached hydrogen (secondary N) is 1. The molecule has 2 aliphatic rings. The predicted molar refractivity (Wildman–Crippen MR) is 72.1 cm³/mol. The average Bonchev–Trinajstić information content (AvgIpc) is 2.41. The van der Waals surface area contributed by atoms with E-state index in [0.717, 1.165) is 31.1 Å². The second kappa shape index (κ2) is 4.69. The lowest BCUT2D eigenvalue weighted by Gasteiger charge is -2.28. The van der Waals surface area contributed by atoms with Crippen molar-refractivity contribution in [1.29, 1.82) is 0 Å². The number of anilines is 1. The highest BCUT2D eigenvalue weighted by molar-refractivity contribution is 5.55. The molecule has 3 N–H and O–H groups in total. The van der Waals surface area contributed by atoms with Crippen LogP contribution in [-0.2, 0) is 13.0 Å². The van der Waals surface area contributed by atoms with Gasteiger partial charge in [-0.15, -0.1) is 0 Å². The number of rotatable bonds is 1. The molecular formula is C15H22N2. The molecule has 1 saturated carbocycles. The number of fused-ring (bicyclic) bond motifs is 1. The van der Waals surface area contributed by atoms with Crippen LogP contribution in [0, 0.1) is 0 Å². The van der Waals surface area contributed by atoms with E-state index in [9.17, 15) is 0 Å². The smallest absolute Gasteiger partial charge is 0.0362 e. The van der Waals surface area contributed by atoms with E-state index in [0.29, 0.717) is 0 Å². The van der Waals surface area contributed by atoms with E-state index in [1.165, 1.54) is 37.7 Å². The molecular weight excluding hydrogens is 208 g/mol. The molecule has 17 heavy (non-hydrogen) atoms. The molecule has 0 radical (unpaired) electrons. The van der Waals surface area contributed by atoms with Gasteiger partial charge in [-0.2, -0.15) is 0 Å². The fourth-order valence-electron chi connectivity index (χ4n) is 3.46. The van der Waals surface area contributed by atoms with Gasteiger partial charge < -0.3 is 11.1 Å². The average molecular weight is 230 g/mol. The van der Waals surface area contributed by atoms with Crippen LogP contribution in [0.1, 0.15) is 54.7 Å². The monoisotopic (exact) mass is 230 g/mol. The molecule has 1 aliphatic heterocycles. The third kappa shape index (κ3) is 2.06. The summed E-state index contributed by atoms with van der Waals surface area (Å²) in [5.74, 6) is 0.802. The van der Waals surface area contributed by atoms with Crippen LogP contribution >= 0.6 is 0 Å². The van der Waals surface area contributed by atoms with Gasteiger partial charge in [0.1, 0.15) is 0 Å². The first-order valence-corrected chi connectivity index (χ1v) is 6.97. The minimum atomic E-state index is 0.802. The van der Waals surface area contributed by atoms with Gasteiger partial charge in [-0.25, -0.2) is 0 Å². The quantitative estimate of drug-likeness (QED) is 0.728.